The highest BCUT2D eigenvalue weighted by Crippen LogP contribution is 2.38. The number of carbonyl (C=O) groups is 2. The summed E-state index contributed by atoms with van der Waals surface area (Å²) in [4.78, 5) is 27.6. The fourth-order valence-electron chi connectivity index (χ4n) is 3.49. The first-order chi connectivity index (χ1) is 15.5. The molecular formula is C24H18ClFN2O4. The van der Waals surface area contributed by atoms with Gasteiger partial charge in [-0.15, -0.1) is 0 Å². The third-order valence-corrected chi connectivity index (χ3v) is 5.27. The molecule has 4 rings (SSSR count). The van der Waals surface area contributed by atoms with Crippen molar-refractivity contribution in [1.29, 1.82) is 0 Å². The van der Waals surface area contributed by atoms with Gasteiger partial charge in [-0.3, -0.25) is 9.59 Å². The number of imide groups is 1. The smallest absolute Gasteiger partial charge is 0.282 e. The molecule has 0 fully saturated rings. The summed E-state index contributed by atoms with van der Waals surface area (Å²) in [5.74, 6) is -1.22. The van der Waals surface area contributed by atoms with E-state index >= 15 is 0 Å². The Morgan fingerprint density at radius 3 is 2.25 bits per heavy atom. The van der Waals surface area contributed by atoms with Gasteiger partial charge in [-0.1, -0.05) is 41.9 Å². The zero-order valence-corrected chi connectivity index (χ0v) is 17.9. The fourth-order valence-corrected chi connectivity index (χ4v) is 3.74. The number of halogens is 2. The first-order valence-corrected chi connectivity index (χ1v) is 9.95. The number of nitrogens with zero attached hydrogens (tertiary/aromatic N) is 1. The molecule has 162 valence electrons. The first-order valence-electron chi connectivity index (χ1n) is 9.57. The van der Waals surface area contributed by atoms with E-state index in [1.807, 2.05) is 0 Å². The maximum absolute atomic E-state index is 14.5. The zero-order chi connectivity index (χ0) is 22.8. The SMILES string of the molecule is COc1ccc(NC2=C(c3ccccc3OC)C(=O)N(c3ccccc3F)C2=O)cc1Cl. The lowest BCUT2D eigenvalue weighted by Gasteiger charge is -2.16. The number of hydrogen-bond acceptors (Lipinski definition) is 5. The van der Waals surface area contributed by atoms with Gasteiger partial charge in [0.1, 0.15) is 23.0 Å². The lowest BCUT2D eigenvalue weighted by Crippen LogP contribution is -2.33. The van der Waals surface area contributed by atoms with E-state index in [2.05, 4.69) is 5.32 Å². The molecule has 0 bridgehead atoms. The predicted octanol–water partition coefficient (Wildman–Crippen LogP) is 4.89. The van der Waals surface area contributed by atoms with Crippen LogP contribution in [0.15, 0.2) is 72.4 Å². The van der Waals surface area contributed by atoms with Crippen LogP contribution in [0.1, 0.15) is 5.56 Å². The van der Waals surface area contributed by atoms with E-state index < -0.39 is 17.6 Å². The third-order valence-electron chi connectivity index (χ3n) is 4.97. The number of nitrogens with one attached hydrogen (secondary N) is 1. The molecule has 8 heteroatoms. The molecule has 3 aromatic rings. The van der Waals surface area contributed by atoms with E-state index in [0.717, 1.165) is 4.90 Å². The van der Waals surface area contributed by atoms with E-state index in [9.17, 15) is 14.0 Å². The Balaban J connectivity index is 1.87. The van der Waals surface area contributed by atoms with Gasteiger partial charge < -0.3 is 14.8 Å². The topological polar surface area (TPSA) is 67.9 Å². The molecule has 0 saturated carbocycles. The Morgan fingerprint density at radius 2 is 1.56 bits per heavy atom. The predicted molar refractivity (Wildman–Crippen MR) is 120 cm³/mol. The van der Waals surface area contributed by atoms with E-state index in [4.69, 9.17) is 21.1 Å². The molecule has 2 amide bonds. The summed E-state index contributed by atoms with van der Waals surface area (Å²) < 4.78 is 25.1. The molecule has 3 aromatic carbocycles. The highest BCUT2D eigenvalue weighted by Gasteiger charge is 2.42. The quantitative estimate of drug-likeness (QED) is 0.539. The van der Waals surface area contributed by atoms with E-state index in [1.165, 1.54) is 32.4 Å². The van der Waals surface area contributed by atoms with Gasteiger partial charge in [0.2, 0.25) is 0 Å². The third kappa shape index (κ3) is 3.67. The Labute approximate surface area is 188 Å². The number of carbonyl (C=O) groups excluding carboxylic acids is 2. The summed E-state index contributed by atoms with van der Waals surface area (Å²) in [5, 5.41) is 3.30. The molecule has 0 aromatic heterocycles. The Kier molecular flexibility index (Phi) is 5.83. The van der Waals surface area contributed by atoms with Crippen LogP contribution in [0.25, 0.3) is 5.57 Å². The molecule has 6 nitrogen and oxygen atoms in total. The maximum atomic E-state index is 14.5. The summed E-state index contributed by atoms with van der Waals surface area (Å²) in [7, 11) is 2.95. The molecule has 1 heterocycles. The van der Waals surface area contributed by atoms with Gasteiger partial charge in [-0.25, -0.2) is 9.29 Å². The standard InChI is InChI=1S/C24H18ClFN2O4/c1-31-19-10-6-3-7-15(19)21-22(27-14-11-12-20(32-2)16(25)13-14)24(30)28(23(21)29)18-9-5-4-8-17(18)26/h3-13,27H,1-2H3. The molecule has 0 unspecified atom stereocenters. The monoisotopic (exact) mass is 452 g/mol. The summed E-state index contributed by atoms with van der Waals surface area (Å²) in [6.45, 7) is 0. The molecule has 0 atom stereocenters. The number of anilines is 2. The largest absolute Gasteiger partial charge is 0.496 e. The molecule has 0 aliphatic carbocycles. The Morgan fingerprint density at radius 1 is 0.875 bits per heavy atom. The molecule has 0 radical (unpaired) electrons. The van der Waals surface area contributed by atoms with Crippen LogP contribution in [-0.2, 0) is 9.59 Å². The summed E-state index contributed by atoms with van der Waals surface area (Å²) in [5.41, 5.74) is 0.745. The van der Waals surface area contributed by atoms with Crippen molar-refractivity contribution in [2.24, 2.45) is 0 Å². The maximum Gasteiger partial charge on any atom is 0.282 e. The minimum absolute atomic E-state index is 0.0241. The number of hydrogen-bond donors (Lipinski definition) is 1. The molecule has 0 spiro atoms. The number of para-hydroxylation sites is 2. The van der Waals surface area contributed by atoms with Crippen LogP contribution >= 0.6 is 11.6 Å². The lowest BCUT2D eigenvalue weighted by molar-refractivity contribution is -0.120. The number of rotatable bonds is 6. The van der Waals surface area contributed by atoms with Crippen LogP contribution in [0.4, 0.5) is 15.8 Å². The second-order valence-corrected chi connectivity index (χ2v) is 7.23. The average Bonchev–Trinajstić information content (AvgIpc) is 3.03. The second kappa shape index (κ2) is 8.72. The normalized spacial score (nSPS) is 13.6. The van der Waals surface area contributed by atoms with Crippen molar-refractivity contribution in [3.05, 3.63) is 88.8 Å². The number of ether oxygens (including phenoxy) is 2. The molecule has 1 aliphatic rings. The van der Waals surface area contributed by atoms with Crippen LogP contribution in [0.2, 0.25) is 5.02 Å². The van der Waals surface area contributed by atoms with Crippen LogP contribution < -0.4 is 19.7 Å². The summed E-state index contributed by atoms with van der Waals surface area (Å²) >= 11 is 6.21. The van der Waals surface area contributed by atoms with Gasteiger partial charge in [0.05, 0.1) is 30.5 Å². The van der Waals surface area contributed by atoms with Crippen molar-refractivity contribution in [3.63, 3.8) is 0 Å². The van der Waals surface area contributed by atoms with E-state index in [-0.39, 0.29) is 17.0 Å². The lowest BCUT2D eigenvalue weighted by atomic mass is 10.0. The Bertz CT molecular complexity index is 1260. The Hall–Kier alpha value is -3.84. The van der Waals surface area contributed by atoms with Crippen LogP contribution in [0, 0.1) is 5.82 Å². The van der Waals surface area contributed by atoms with Crippen molar-refractivity contribution >= 4 is 40.4 Å². The van der Waals surface area contributed by atoms with Gasteiger partial charge in [-0.05, 0) is 36.4 Å². The van der Waals surface area contributed by atoms with Crippen molar-refractivity contribution in [2.75, 3.05) is 24.4 Å². The molecule has 1 aliphatic heterocycles. The van der Waals surface area contributed by atoms with Crippen molar-refractivity contribution < 1.29 is 23.5 Å². The zero-order valence-electron chi connectivity index (χ0n) is 17.2. The van der Waals surface area contributed by atoms with Crippen LogP contribution in [-0.4, -0.2) is 26.0 Å². The molecule has 0 saturated heterocycles. The fraction of sp³-hybridized carbons (Fsp3) is 0.0833. The van der Waals surface area contributed by atoms with Crippen molar-refractivity contribution in [2.45, 2.75) is 0 Å². The average molecular weight is 453 g/mol. The minimum atomic E-state index is -0.701. The second-order valence-electron chi connectivity index (χ2n) is 6.82. The van der Waals surface area contributed by atoms with Crippen LogP contribution in [0.5, 0.6) is 11.5 Å². The van der Waals surface area contributed by atoms with Gasteiger partial charge in [0.15, 0.2) is 0 Å². The van der Waals surface area contributed by atoms with Gasteiger partial charge in [0, 0.05) is 11.3 Å². The molecule has 32 heavy (non-hydrogen) atoms. The van der Waals surface area contributed by atoms with Gasteiger partial charge in [0.25, 0.3) is 11.8 Å². The van der Waals surface area contributed by atoms with E-state index in [1.54, 1.807) is 48.5 Å². The molecule has 1 N–H and O–H groups in total. The highest BCUT2D eigenvalue weighted by atomic mass is 35.5. The van der Waals surface area contributed by atoms with Crippen LogP contribution in [0.3, 0.4) is 0 Å². The summed E-state index contributed by atoms with van der Waals surface area (Å²) in [6.07, 6.45) is 0. The van der Waals surface area contributed by atoms with Crippen molar-refractivity contribution in [3.8, 4) is 11.5 Å². The first kappa shape index (κ1) is 21.4. The molecular weight excluding hydrogens is 435 g/mol. The van der Waals surface area contributed by atoms with Gasteiger partial charge >= 0.3 is 0 Å². The highest BCUT2D eigenvalue weighted by molar-refractivity contribution is 6.46. The number of amides is 2. The number of benzene rings is 3. The number of methoxy groups -OCH3 is 2. The van der Waals surface area contributed by atoms with Crippen molar-refractivity contribution in [1.82, 2.24) is 0 Å². The summed E-state index contributed by atoms with van der Waals surface area (Å²) in [6, 6.07) is 17.2. The minimum Gasteiger partial charge on any atom is -0.496 e. The van der Waals surface area contributed by atoms with E-state index in [0.29, 0.717) is 27.8 Å². The van der Waals surface area contributed by atoms with Gasteiger partial charge in [-0.2, -0.15) is 0 Å².